The number of aromatic nitrogens is 1. The molecule has 0 bridgehead atoms. The van der Waals surface area contributed by atoms with Gasteiger partial charge in [0.15, 0.2) is 0 Å². The molecule has 2 aromatic rings. The Bertz CT molecular complexity index is 581. The van der Waals surface area contributed by atoms with Gasteiger partial charge in [0.05, 0.1) is 23.3 Å². The van der Waals surface area contributed by atoms with Gasteiger partial charge in [0, 0.05) is 5.02 Å². The number of nitrogens with one attached hydrogen (secondary N) is 1. The maximum Gasteiger partial charge on any atom is 0.253 e. The van der Waals surface area contributed by atoms with Gasteiger partial charge in [0.25, 0.3) is 5.91 Å². The summed E-state index contributed by atoms with van der Waals surface area (Å²) in [7, 11) is 0. The van der Waals surface area contributed by atoms with E-state index >= 15 is 0 Å². The Balaban J connectivity index is 2.05. The molecule has 0 aliphatic heterocycles. The Labute approximate surface area is 114 Å². The van der Waals surface area contributed by atoms with Gasteiger partial charge in [-0.25, -0.2) is 4.98 Å². The Morgan fingerprint density at radius 3 is 2.89 bits per heavy atom. The van der Waals surface area contributed by atoms with E-state index in [1.807, 2.05) is 0 Å². The monoisotopic (exact) mass is 284 g/mol. The molecule has 0 unspecified atom stereocenters. The normalized spacial score (nSPS) is 10.4. The van der Waals surface area contributed by atoms with Crippen LogP contribution >= 0.6 is 23.2 Å². The predicted molar refractivity (Wildman–Crippen MR) is 68.9 cm³/mol. The average molecular weight is 285 g/mol. The predicted octanol–water partition coefficient (Wildman–Crippen LogP) is 3.22. The lowest BCUT2D eigenvalue weighted by Gasteiger charge is -2.05. The summed E-state index contributed by atoms with van der Waals surface area (Å²) in [5.74, 6) is 0.817. The molecule has 94 valence electrons. The fourth-order valence-corrected chi connectivity index (χ4v) is 1.78. The van der Waals surface area contributed by atoms with Crippen LogP contribution in [-0.2, 0) is 6.54 Å². The van der Waals surface area contributed by atoms with E-state index in [1.165, 1.54) is 6.07 Å². The van der Waals surface area contributed by atoms with Crippen molar-refractivity contribution in [2.45, 2.75) is 13.5 Å². The van der Waals surface area contributed by atoms with Gasteiger partial charge in [-0.2, -0.15) is 0 Å². The second-order valence-electron chi connectivity index (χ2n) is 3.67. The number of hydrogen-bond donors (Lipinski definition) is 1. The van der Waals surface area contributed by atoms with Gasteiger partial charge < -0.3 is 9.73 Å². The SMILES string of the molecule is Cc1cnc(CNC(=O)c2cc(Cl)ccc2Cl)o1. The molecule has 1 N–H and O–H groups in total. The molecular weight excluding hydrogens is 275 g/mol. The number of nitrogens with zero attached hydrogens (tertiary/aromatic N) is 1. The van der Waals surface area contributed by atoms with Gasteiger partial charge in [-0.1, -0.05) is 23.2 Å². The van der Waals surface area contributed by atoms with Crippen LogP contribution in [0.2, 0.25) is 10.0 Å². The molecule has 1 aromatic carbocycles. The molecule has 1 heterocycles. The highest BCUT2D eigenvalue weighted by Gasteiger charge is 2.11. The van der Waals surface area contributed by atoms with Gasteiger partial charge in [-0.15, -0.1) is 0 Å². The van der Waals surface area contributed by atoms with E-state index in [1.54, 1.807) is 25.3 Å². The summed E-state index contributed by atoms with van der Waals surface area (Å²) in [6.07, 6.45) is 1.59. The molecule has 0 fully saturated rings. The summed E-state index contributed by atoms with van der Waals surface area (Å²) in [5.41, 5.74) is 0.326. The van der Waals surface area contributed by atoms with Gasteiger partial charge >= 0.3 is 0 Å². The van der Waals surface area contributed by atoms with Crippen molar-refractivity contribution < 1.29 is 9.21 Å². The maximum absolute atomic E-state index is 11.9. The number of hydrogen-bond acceptors (Lipinski definition) is 3. The number of rotatable bonds is 3. The largest absolute Gasteiger partial charge is 0.444 e. The van der Waals surface area contributed by atoms with Crippen molar-refractivity contribution in [1.29, 1.82) is 0 Å². The van der Waals surface area contributed by atoms with E-state index in [0.717, 1.165) is 0 Å². The van der Waals surface area contributed by atoms with Crippen molar-refractivity contribution in [1.82, 2.24) is 10.3 Å². The van der Waals surface area contributed by atoms with Crippen molar-refractivity contribution in [2.24, 2.45) is 0 Å². The Kier molecular flexibility index (Phi) is 3.89. The van der Waals surface area contributed by atoms with E-state index in [-0.39, 0.29) is 12.5 Å². The van der Waals surface area contributed by atoms with Crippen LogP contribution in [0.4, 0.5) is 0 Å². The van der Waals surface area contributed by atoms with Crippen LogP contribution in [0.15, 0.2) is 28.8 Å². The molecule has 0 saturated heterocycles. The van der Waals surface area contributed by atoms with Crippen LogP contribution in [0.3, 0.4) is 0 Å². The van der Waals surface area contributed by atoms with Crippen molar-refractivity contribution >= 4 is 29.1 Å². The van der Waals surface area contributed by atoms with E-state index in [2.05, 4.69) is 10.3 Å². The topological polar surface area (TPSA) is 55.1 Å². The fraction of sp³-hybridized carbons (Fsp3) is 0.167. The van der Waals surface area contributed by atoms with Crippen molar-refractivity contribution in [2.75, 3.05) is 0 Å². The first kappa shape index (κ1) is 12.9. The summed E-state index contributed by atoms with van der Waals surface area (Å²) in [4.78, 5) is 15.9. The minimum atomic E-state index is -0.321. The zero-order valence-corrected chi connectivity index (χ0v) is 11.0. The van der Waals surface area contributed by atoms with E-state index < -0.39 is 0 Å². The molecule has 6 heteroatoms. The third-order valence-corrected chi connectivity index (χ3v) is 2.81. The number of aryl methyl sites for hydroxylation is 1. The van der Waals surface area contributed by atoms with E-state index in [4.69, 9.17) is 27.6 Å². The molecule has 1 aromatic heterocycles. The molecule has 1 amide bonds. The first-order valence-electron chi connectivity index (χ1n) is 5.21. The van der Waals surface area contributed by atoms with Crippen LogP contribution in [0, 0.1) is 6.92 Å². The lowest BCUT2D eigenvalue weighted by Crippen LogP contribution is -2.23. The highest BCUT2D eigenvalue weighted by molar-refractivity contribution is 6.35. The van der Waals surface area contributed by atoms with Crippen molar-refractivity contribution in [3.8, 4) is 0 Å². The standard InChI is InChI=1S/C12H10Cl2N2O2/c1-7-5-15-11(18-7)6-16-12(17)9-4-8(13)2-3-10(9)14/h2-5H,6H2,1H3,(H,16,17). The second kappa shape index (κ2) is 5.42. The third kappa shape index (κ3) is 3.03. The summed E-state index contributed by atoms with van der Waals surface area (Å²) in [5, 5.41) is 3.46. The van der Waals surface area contributed by atoms with E-state index in [9.17, 15) is 4.79 Å². The van der Waals surface area contributed by atoms with Crippen molar-refractivity contribution in [3.63, 3.8) is 0 Å². The maximum atomic E-state index is 11.9. The smallest absolute Gasteiger partial charge is 0.253 e. The molecule has 0 atom stereocenters. The number of carbonyl (C=O) groups is 1. The van der Waals surface area contributed by atoms with Gasteiger partial charge in [-0.3, -0.25) is 4.79 Å². The van der Waals surface area contributed by atoms with Crippen LogP contribution in [0.1, 0.15) is 22.0 Å². The summed E-state index contributed by atoms with van der Waals surface area (Å²) < 4.78 is 5.24. The number of halogens is 2. The summed E-state index contributed by atoms with van der Waals surface area (Å²) in [6.45, 7) is 1.99. The molecule has 0 aliphatic rings. The first-order valence-corrected chi connectivity index (χ1v) is 5.96. The minimum absolute atomic E-state index is 0.204. The quantitative estimate of drug-likeness (QED) is 0.942. The zero-order valence-electron chi connectivity index (χ0n) is 9.54. The highest BCUT2D eigenvalue weighted by Crippen LogP contribution is 2.20. The van der Waals surface area contributed by atoms with Crippen LogP contribution in [0.5, 0.6) is 0 Å². The highest BCUT2D eigenvalue weighted by atomic mass is 35.5. The van der Waals surface area contributed by atoms with Crippen LogP contribution in [-0.4, -0.2) is 10.9 Å². The number of carbonyl (C=O) groups excluding carboxylic acids is 1. The molecular formula is C12H10Cl2N2O2. The molecule has 18 heavy (non-hydrogen) atoms. The van der Waals surface area contributed by atoms with Gasteiger partial charge in [-0.05, 0) is 25.1 Å². The molecule has 4 nitrogen and oxygen atoms in total. The number of benzene rings is 1. The van der Waals surface area contributed by atoms with Crippen LogP contribution in [0.25, 0.3) is 0 Å². The molecule has 0 spiro atoms. The average Bonchev–Trinajstić information content (AvgIpc) is 2.75. The Morgan fingerprint density at radius 1 is 1.44 bits per heavy atom. The van der Waals surface area contributed by atoms with Gasteiger partial charge in [0.2, 0.25) is 5.89 Å². The molecule has 0 radical (unpaired) electrons. The van der Waals surface area contributed by atoms with Gasteiger partial charge in [0.1, 0.15) is 5.76 Å². The minimum Gasteiger partial charge on any atom is -0.444 e. The number of amides is 1. The lowest BCUT2D eigenvalue weighted by molar-refractivity contribution is 0.0947. The molecule has 2 rings (SSSR count). The Morgan fingerprint density at radius 2 is 2.22 bits per heavy atom. The van der Waals surface area contributed by atoms with Crippen LogP contribution < -0.4 is 5.32 Å². The zero-order chi connectivity index (χ0) is 13.1. The Hall–Kier alpha value is -1.52. The summed E-state index contributed by atoms with van der Waals surface area (Å²) >= 11 is 11.7. The third-order valence-electron chi connectivity index (χ3n) is 2.24. The first-order chi connectivity index (χ1) is 8.56. The molecule has 0 saturated carbocycles. The fourth-order valence-electron chi connectivity index (χ4n) is 1.41. The molecule has 0 aliphatic carbocycles. The van der Waals surface area contributed by atoms with E-state index in [0.29, 0.717) is 27.3 Å². The second-order valence-corrected chi connectivity index (χ2v) is 4.52. The summed E-state index contributed by atoms with van der Waals surface area (Å²) in [6, 6.07) is 4.71. The number of oxazole rings is 1. The lowest BCUT2D eigenvalue weighted by atomic mass is 10.2. The van der Waals surface area contributed by atoms with Crippen molar-refractivity contribution in [3.05, 3.63) is 51.7 Å².